The van der Waals surface area contributed by atoms with Gasteiger partial charge in [0.25, 0.3) is 0 Å². The van der Waals surface area contributed by atoms with Crippen LogP contribution in [-0.2, 0) is 0 Å². The number of aromatic nitrogens is 2. The molecular formula is C12H8BrClN2O2. The second-order valence-electron chi connectivity index (χ2n) is 3.40. The minimum absolute atomic E-state index is 0.263. The van der Waals surface area contributed by atoms with Crippen molar-refractivity contribution in [2.24, 2.45) is 0 Å². The largest absolute Gasteiger partial charge is 0.480 e. The lowest BCUT2D eigenvalue weighted by atomic mass is 10.1. The maximum absolute atomic E-state index is 10.8. The van der Waals surface area contributed by atoms with E-state index in [1.165, 1.54) is 7.11 Å². The molecule has 0 amide bonds. The first-order chi connectivity index (χ1) is 8.67. The highest BCUT2D eigenvalue weighted by Crippen LogP contribution is 2.32. The van der Waals surface area contributed by atoms with Crippen LogP contribution in [0.5, 0.6) is 5.88 Å². The summed E-state index contributed by atoms with van der Waals surface area (Å²) in [4.78, 5) is 19.1. The molecule has 2 aromatic rings. The molecule has 0 N–H and O–H groups in total. The van der Waals surface area contributed by atoms with Crippen LogP contribution in [0.15, 0.2) is 29.0 Å². The lowest BCUT2D eigenvalue weighted by Gasteiger charge is -2.07. The van der Waals surface area contributed by atoms with E-state index >= 15 is 0 Å². The van der Waals surface area contributed by atoms with Gasteiger partial charge in [-0.3, -0.25) is 9.78 Å². The van der Waals surface area contributed by atoms with Gasteiger partial charge in [0.15, 0.2) is 6.29 Å². The first-order valence-electron chi connectivity index (χ1n) is 4.97. The van der Waals surface area contributed by atoms with Crippen molar-refractivity contribution in [2.45, 2.75) is 0 Å². The van der Waals surface area contributed by atoms with Gasteiger partial charge in [-0.15, -0.1) is 0 Å². The van der Waals surface area contributed by atoms with Crippen molar-refractivity contribution >= 4 is 33.8 Å². The summed E-state index contributed by atoms with van der Waals surface area (Å²) in [6.07, 6.45) is 3.90. The third kappa shape index (κ3) is 2.37. The van der Waals surface area contributed by atoms with E-state index in [4.69, 9.17) is 16.3 Å². The predicted molar refractivity (Wildman–Crippen MR) is 72.1 cm³/mol. The molecule has 0 bridgehead atoms. The number of nitrogens with zero attached hydrogens (tertiary/aromatic N) is 2. The van der Waals surface area contributed by atoms with Crippen molar-refractivity contribution in [3.63, 3.8) is 0 Å². The van der Waals surface area contributed by atoms with Crippen LogP contribution in [0.1, 0.15) is 10.4 Å². The Labute approximate surface area is 117 Å². The highest BCUT2D eigenvalue weighted by molar-refractivity contribution is 9.10. The number of aldehydes is 1. The highest BCUT2D eigenvalue weighted by atomic mass is 79.9. The number of carbonyl (C=O) groups is 1. The highest BCUT2D eigenvalue weighted by Gasteiger charge is 2.11. The van der Waals surface area contributed by atoms with Crippen molar-refractivity contribution in [1.29, 1.82) is 0 Å². The van der Waals surface area contributed by atoms with Crippen molar-refractivity contribution in [3.8, 4) is 17.1 Å². The van der Waals surface area contributed by atoms with Gasteiger partial charge in [0, 0.05) is 18.0 Å². The topological polar surface area (TPSA) is 52.1 Å². The maximum atomic E-state index is 10.8. The zero-order valence-electron chi connectivity index (χ0n) is 9.35. The lowest BCUT2D eigenvalue weighted by molar-refractivity contribution is 0.112. The second kappa shape index (κ2) is 5.46. The molecule has 0 aliphatic carbocycles. The van der Waals surface area contributed by atoms with Crippen molar-refractivity contribution in [2.75, 3.05) is 7.11 Å². The van der Waals surface area contributed by atoms with Gasteiger partial charge in [0.2, 0.25) is 5.88 Å². The monoisotopic (exact) mass is 326 g/mol. The Morgan fingerprint density at radius 1 is 1.39 bits per heavy atom. The fourth-order valence-corrected chi connectivity index (χ4v) is 1.98. The van der Waals surface area contributed by atoms with E-state index in [1.54, 1.807) is 24.5 Å². The van der Waals surface area contributed by atoms with Crippen molar-refractivity contribution < 1.29 is 9.53 Å². The number of halogens is 2. The molecule has 0 spiro atoms. The van der Waals surface area contributed by atoms with E-state index in [1.807, 2.05) is 0 Å². The molecular weight excluding hydrogens is 320 g/mol. The Hall–Kier alpha value is -1.46. The number of ether oxygens (including phenoxy) is 1. The Morgan fingerprint density at radius 3 is 2.83 bits per heavy atom. The van der Waals surface area contributed by atoms with Crippen LogP contribution in [-0.4, -0.2) is 23.4 Å². The molecule has 18 heavy (non-hydrogen) atoms. The lowest BCUT2D eigenvalue weighted by Crippen LogP contribution is -1.96. The fraction of sp³-hybridized carbons (Fsp3) is 0.0833. The van der Waals surface area contributed by atoms with Gasteiger partial charge in [0.05, 0.1) is 27.9 Å². The van der Waals surface area contributed by atoms with Crippen molar-refractivity contribution in [1.82, 2.24) is 9.97 Å². The Kier molecular flexibility index (Phi) is 3.93. The van der Waals surface area contributed by atoms with Gasteiger partial charge in [-0.1, -0.05) is 11.6 Å². The standard InChI is InChI=1S/C12H8BrClN2O2/c1-18-12-7(6-17)2-3-10(16-12)8-4-15-5-9(13)11(8)14/h2-6H,1H3. The van der Waals surface area contributed by atoms with Crippen LogP contribution in [0.3, 0.4) is 0 Å². The van der Waals surface area contributed by atoms with Gasteiger partial charge in [-0.05, 0) is 28.1 Å². The fourth-order valence-electron chi connectivity index (χ4n) is 1.45. The van der Waals surface area contributed by atoms with Gasteiger partial charge < -0.3 is 4.74 Å². The Morgan fingerprint density at radius 2 is 2.17 bits per heavy atom. The minimum Gasteiger partial charge on any atom is -0.480 e. The number of pyridine rings is 2. The molecule has 0 saturated heterocycles. The summed E-state index contributed by atoms with van der Waals surface area (Å²) >= 11 is 9.46. The predicted octanol–water partition coefficient (Wildman–Crippen LogP) is 3.38. The average molecular weight is 328 g/mol. The molecule has 0 unspecified atom stereocenters. The van der Waals surface area contributed by atoms with E-state index in [2.05, 4.69) is 25.9 Å². The number of hydrogen-bond acceptors (Lipinski definition) is 4. The molecule has 0 radical (unpaired) electrons. The zero-order valence-corrected chi connectivity index (χ0v) is 11.7. The van der Waals surface area contributed by atoms with Crippen LogP contribution in [0.25, 0.3) is 11.3 Å². The van der Waals surface area contributed by atoms with E-state index in [-0.39, 0.29) is 5.88 Å². The minimum atomic E-state index is 0.263. The number of methoxy groups -OCH3 is 1. The van der Waals surface area contributed by atoms with Gasteiger partial charge in [-0.2, -0.15) is 0 Å². The molecule has 6 heteroatoms. The summed E-state index contributed by atoms with van der Waals surface area (Å²) in [5.41, 5.74) is 1.65. The molecule has 2 heterocycles. The SMILES string of the molecule is COc1nc(-c2cncc(Br)c2Cl)ccc1C=O. The summed E-state index contributed by atoms with van der Waals surface area (Å²) < 4.78 is 5.73. The summed E-state index contributed by atoms with van der Waals surface area (Å²) in [6, 6.07) is 3.33. The molecule has 0 fully saturated rings. The van der Waals surface area contributed by atoms with Crippen LogP contribution >= 0.6 is 27.5 Å². The number of hydrogen-bond donors (Lipinski definition) is 0. The molecule has 2 rings (SSSR count). The molecule has 2 aromatic heterocycles. The first-order valence-corrected chi connectivity index (χ1v) is 6.14. The summed E-state index contributed by atoms with van der Waals surface area (Å²) in [6.45, 7) is 0. The van der Waals surface area contributed by atoms with Gasteiger partial charge in [0.1, 0.15) is 0 Å². The third-order valence-electron chi connectivity index (χ3n) is 2.32. The normalized spacial score (nSPS) is 10.2. The molecule has 4 nitrogen and oxygen atoms in total. The molecule has 0 atom stereocenters. The van der Waals surface area contributed by atoms with Crippen molar-refractivity contribution in [3.05, 3.63) is 39.6 Å². The summed E-state index contributed by atoms with van der Waals surface area (Å²) in [5.74, 6) is 0.263. The Bertz CT molecular complexity index is 605. The number of carbonyl (C=O) groups excluding carboxylic acids is 1. The van der Waals surface area contributed by atoms with Gasteiger partial charge >= 0.3 is 0 Å². The van der Waals surface area contributed by atoms with Gasteiger partial charge in [-0.25, -0.2) is 4.98 Å². The summed E-state index contributed by atoms with van der Waals surface area (Å²) in [7, 11) is 1.46. The molecule has 0 aromatic carbocycles. The molecule has 0 aliphatic rings. The molecule has 0 saturated carbocycles. The smallest absolute Gasteiger partial charge is 0.224 e. The van der Waals surface area contributed by atoms with Crippen LogP contribution in [0.4, 0.5) is 0 Å². The van der Waals surface area contributed by atoms with Crippen LogP contribution in [0.2, 0.25) is 5.02 Å². The number of rotatable bonds is 3. The van der Waals surface area contributed by atoms with E-state index < -0.39 is 0 Å². The quantitative estimate of drug-likeness (QED) is 0.811. The molecule has 92 valence electrons. The third-order valence-corrected chi connectivity index (χ3v) is 3.56. The summed E-state index contributed by atoms with van der Waals surface area (Å²) in [5, 5.41) is 0.512. The first kappa shape index (κ1) is 13.0. The zero-order chi connectivity index (χ0) is 13.1. The van der Waals surface area contributed by atoms with Crippen LogP contribution in [0, 0.1) is 0 Å². The maximum Gasteiger partial charge on any atom is 0.224 e. The Balaban J connectivity index is 2.58. The van der Waals surface area contributed by atoms with Crippen LogP contribution < -0.4 is 4.74 Å². The van der Waals surface area contributed by atoms with E-state index in [0.29, 0.717) is 32.6 Å². The molecule has 0 aliphatic heterocycles. The second-order valence-corrected chi connectivity index (χ2v) is 4.63. The average Bonchev–Trinajstić information content (AvgIpc) is 2.41. The van der Waals surface area contributed by atoms with E-state index in [0.717, 1.165) is 0 Å². The van der Waals surface area contributed by atoms with E-state index in [9.17, 15) is 4.79 Å².